The normalized spacial score (nSPS) is 23.8. The third kappa shape index (κ3) is 2.91. The van der Waals surface area contributed by atoms with Gasteiger partial charge in [-0.1, -0.05) is 30.3 Å². The van der Waals surface area contributed by atoms with Gasteiger partial charge in [0, 0.05) is 18.0 Å². The van der Waals surface area contributed by atoms with Crippen molar-refractivity contribution in [3.63, 3.8) is 0 Å². The zero-order chi connectivity index (χ0) is 14.0. The Kier molecular flexibility index (Phi) is 4.13. The monoisotopic (exact) mass is 272 g/mol. The van der Waals surface area contributed by atoms with E-state index in [4.69, 9.17) is 0 Å². The number of hydrogen-bond acceptors (Lipinski definition) is 2. The molecule has 1 atom stereocenters. The van der Waals surface area contributed by atoms with Crippen molar-refractivity contribution in [1.29, 1.82) is 0 Å². The summed E-state index contributed by atoms with van der Waals surface area (Å²) in [5, 5.41) is 3.53. The van der Waals surface area contributed by atoms with Gasteiger partial charge in [0.15, 0.2) is 0 Å². The van der Waals surface area contributed by atoms with Gasteiger partial charge in [-0.15, -0.1) is 0 Å². The van der Waals surface area contributed by atoms with E-state index in [9.17, 15) is 0 Å². The van der Waals surface area contributed by atoms with Crippen molar-refractivity contribution in [2.75, 3.05) is 26.7 Å². The van der Waals surface area contributed by atoms with Crippen LogP contribution < -0.4 is 5.32 Å². The SMILES string of the molecule is CC(C1CC1)N(C)CC1(c2ccccc2)CCNCC1. The molecule has 1 N–H and O–H groups in total. The Bertz CT molecular complexity index is 418. The molecule has 3 rings (SSSR count). The summed E-state index contributed by atoms with van der Waals surface area (Å²) >= 11 is 0. The predicted octanol–water partition coefficient (Wildman–Crippen LogP) is 3.04. The van der Waals surface area contributed by atoms with Crippen LogP contribution >= 0.6 is 0 Å². The van der Waals surface area contributed by atoms with Crippen LogP contribution in [0.5, 0.6) is 0 Å². The highest BCUT2D eigenvalue weighted by atomic mass is 15.1. The predicted molar refractivity (Wildman–Crippen MR) is 85.0 cm³/mol. The molecule has 0 spiro atoms. The van der Waals surface area contributed by atoms with Crippen LogP contribution in [0.25, 0.3) is 0 Å². The molecule has 1 saturated carbocycles. The molecular weight excluding hydrogens is 244 g/mol. The summed E-state index contributed by atoms with van der Waals surface area (Å²) in [7, 11) is 2.33. The fourth-order valence-corrected chi connectivity index (χ4v) is 3.80. The maximum Gasteiger partial charge on any atom is 0.0104 e. The molecule has 1 unspecified atom stereocenters. The zero-order valence-electron chi connectivity index (χ0n) is 12.9. The van der Waals surface area contributed by atoms with Gasteiger partial charge < -0.3 is 10.2 Å². The molecule has 20 heavy (non-hydrogen) atoms. The number of piperidine rings is 1. The minimum Gasteiger partial charge on any atom is -0.317 e. The highest BCUT2D eigenvalue weighted by molar-refractivity contribution is 5.27. The number of hydrogen-bond donors (Lipinski definition) is 1. The number of nitrogens with zero attached hydrogens (tertiary/aromatic N) is 1. The summed E-state index contributed by atoms with van der Waals surface area (Å²) in [5.74, 6) is 0.953. The average molecular weight is 272 g/mol. The summed E-state index contributed by atoms with van der Waals surface area (Å²) in [6, 6.07) is 11.9. The number of likely N-dealkylation sites (N-methyl/N-ethyl adjacent to an activating group) is 1. The molecule has 0 aromatic heterocycles. The van der Waals surface area contributed by atoms with Crippen LogP contribution in [0.1, 0.15) is 38.2 Å². The first-order valence-electron chi connectivity index (χ1n) is 8.18. The largest absolute Gasteiger partial charge is 0.317 e. The van der Waals surface area contributed by atoms with E-state index in [1.807, 2.05) is 0 Å². The van der Waals surface area contributed by atoms with Crippen LogP contribution in [0.2, 0.25) is 0 Å². The highest BCUT2D eigenvalue weighted by Crippen LogP contribution is 2.38. The average Bonchev–Trinajstić information content (AvgIpc) is 3.33. The van der Waals surface area contributed by atoms with Gasteiger partial charge in [0.05, 0.1) is 0 Å². The van der Waals surface area contributed by atoms with Crippen molar-refractivity contribution >= 4 is 0 Å². The van der Waals surface area contributed by atoms with Crippen molar-refractivity contribution in [3.05, 3.63) is 35.9 Å². The summed E-state index contributed by atoms with van der Waals surface area (Å²) in [4.78, 5) is 2.62. The lowest BCUT2D eigenvalue weighted by Gasteiger charge is -2.42. The smallest absolute Gasteiger partial charge is 0.0104 e. The van der Waals surface area contributed by atoms with Gasteiger partial charge >= 0.3 is 0 Å². The molecule has 1 aliphatic carbocycles. The van der Waals surface area contributed by atoms with E-state index in [0.717, 1.165) is 25.0 Å². The quantitative estimate of drug-likeness (QED) is 0.886. The first kappa shape index (κ1) is 14.1. The molecule has 1 saturated heterocycles. The Morgan fingerprint density at radius 3 is 2.45 bits per heavy atom. The molecule has 0 amide bonds. The Balaban J connectivity index is 1.78. The zero-order valence-corrected chi connectivity index (χ0v) is 12.9. The van der Waals surface area contributed by atoms with Crippen LogP contribution in [0, 0.1) is 5.92 Å². The van der Waals surface area contributed by atoms with Crippen LogP contribution in [0.4, 0.5) is 0 Å². The van der Waals surface area contributed by atoms with Crippen molar-refractivity contribution in [3.8, 4) is 0 Å². The van der Waals surface area contributed by atoms with Crippen LogP contribution in [0.3, 0.4) is 0 Å². The van der Waals surface area contributed by atoms with Crippen molar-refractivity contribution in [1.82, 2.24) is 10.2 Å². The van der Waals surface area contributed by atoms with E-state index in [-0.39, 0.29) is 0 Å². The second kappa shape index (κ2) is 5.87. The number of rotatable bonds is 5. The lowest BCUT2D eigenvalue weighted by molar-refractivity contribution is 0.154. The lowest BCUT2D eigenvalue weighted by Crippen LogP contribution is -2.49. The van der Waals surface area contributed by atoms with Gasteiger partial charge in [-0.25, -0.2) is 0 Å². The Morgan fingerprint density at radius 1 is 1.20 bits per heavy atom. The first-order chi connectivity index (χ1) is 9.71. The topological polar surface area (TPSA) is 15.3 Å². The van der Waals surface area contributed by atoms with Gasteiger partial charge in [-0.05, 0) is 64.2 Å². The highest BCUT2D eigenvalue weighted by Gasteiger charge is 2.38. The molecule has 2 fully saturated rings. The van der Waals surface area contributed by atoms with E-state index < -0.39 is 0 Å². The molecular formula is C18H28N2. The fraction of sp³-hybridized carbons (Fsp3) is 0.667. The molecule has 2 heteroatoms. The first-order valence-corrected chi connectivity index (χ1v) is 8.18. The van der Waals surface area contributed by atoms with E-state index >= 15 is 0 Å². The van der Waals surface area contributed by atoms with E-state index in [1.54, 1.807) is 0 Å². The molecule has 2 nitrogen and oxygen atoms in total. The number of benzene rings is 1. The molecule has 110 valence electrons. The van der Waals surface area contributed by atoms with Gasteiger partial charge in [0.25, 0.3) is 0 Å². The molecule has 1 aromatic carbocycles. The van der Waals surface area contributed by atoms with E-state index in [1.165, 1.54) is 37.8 Å². The second-order valence-corrected chi connectivity index (χ2v) is 6.89. The molecule has 2 aliphatic rings. The Hall–Kier alpha value is -0.860. The van der Waals surface area contributed by atoms with Crippen LogP contribution in [-0.2, 0) is 5.41 Å². The Morgan fingerprint density at radius 2 is 1.85 bits per heavy atom. The maximum absolute atomic E-state index is 3.53. The van der Waals surface area contributed by atoms with Crippen molar-refractivity contribution in [2.45, 2.75) is 44.1 Å². The molecule has 0 radical (unpaired) electrons. The molecule has 1 aliphatic heterocycles. The van der Waals surface area contributed by atoms with Crippen molar-refractivity contribution < 1.29 is 0 Å². The van der Waals surface area contributed by atoms with Gasteiger partial charge in [0.2, 0.25) is 0 Å². The van der Waals surface area contributed by atoms with Gasteiger partial charge in [0.1, 0.15) is 0 Å². The van der Waals surface area contributed by atoms with Crippen molar-refractivity contribution in [2.24, 2.45) is 5.92 Å². The minimum absolute atomic E-state index is 0.352. The molecule has 1 aromatic rings. The standard InChI is InChI=1S/C18H28N2/c1-15(16-8-9-16)20(2)14-18(10-12-19-13-11-18)17-6-4-3-5-7-17/h3-7,15-16,19H,8-14H2,1-2H3. The summed E-state index contributed by atoms with van der Waals surface area (Å²) < 4.78 is 0. The summed E-state index contributed by atoms with van der Waals surface area (Å²) in [6.45, 7) is 5.93. The summed E-state index contributed by atoms with van der Waals surface area (Å²) in [5.41, 5.74) is 1.89. The minimum atomic E-state index is 0.352. The number of nitrogens with one attached hydrogen (secondary N) is 1. The van der Waals surface area contributed by atoms with Gasteiger partial charge in [-0.2, -0.15) is 0 Å². The third-order valence-corrected chi connectivity index (χ3v) is 5.50. The van der Waals surface area contributed by atoms with E-state index in [2.05, 4.69) is 54.5 Å². The van der Waals surface area contributed by atoms with Crippen LogP contribution in [-0.4, -0.2) is 37.6 Å². The Labute approximate surface area is 123 Å². The van der Waals surface area contributed by atoms with Gasteiger partial charge in [-0.3, -0.25) is 0 Å². The second-order valence-electron chi connectivity index (χ2n) is 6.89. The molecule has 0 bridgehead atoms. The lowest BCUT2D eigenvalue weighted by atomic mass is 9.72. The third-order valence-electron chi connectivity index (χ3n) is 5.50. The fourth-order valence-electron chi connectivity index (χ4n) is 3.80. The molecule has 1 heterocycles. The van der Waals surface area contributed by atoms with Crippen LogP contribution in [0.15, 0.2) is 30.3 Å². The van der Waals surface area contributed by atoms with E-state index in [0.29, 0.717) is 5.41 Å². The summed E-state index contributed by atoms with van der Waals surface area (Å²) in [6.07, 6.45) is 5.40. The maximum atomic E-state index is 3.53.